The number of amides is 1. The van der Waals surface area contributed by atoms with E-state index in [1.807, 2.05) is 28.5 Å². The lowest BCUT2D eigenvalue weighted by Crippen LogP contribution is -2.30. The SMILES string of the molecule is O=C(c1csc(Cc2ccccc2)n1)N1CCCC1c1ccc(F)cc1. The van der Waals surface area contributed by atoms with Gasteiger partial charge in [-0.05, 0) is 36.1 Å². The monoisotopic (exact) mass is 366 g/mol. The molecule has 0 aliphatic carbocycles. The van der Waals surface area contributed by atoms with Gasteiger partial charge in [-0.2, -0.15) is 0 Å². The molecule has 1 aromatic heterocycles. The summed E-state index contributed by atoms with van der Waals surface area (Å²) >= 11 is 1.52. The van der Waals surface area contributed by atoms with E-state index in [1.54, 1.807) is 12.1 Å². The average Bonchev–Trinajstić information content (AvgIpc) is 3.32. The number of nitrogens with zero attached hydrogens (tertiary/aromatic N) is 2. The highest BCUT2D eigenvalue weighted by molar-refractivity contribution is 7.09. The molecular weight excluding hydrogens is 347 g/mol. The fraction of sp³-hybridized carbons (Fsp3) is 0.238. The Bertz CT molecular complexity index is 892. The van der Waals surface area contributed by atoms with Crippen molar-refractivity contribution in [3.05, 3.63) is 87.6 Å². The Labute approximate surface area is 156 Å². The second-order valence-corrected chi connectivity index (χ2v) is 7.44. The van der Waals surface area contributed by atoms with E-state index in [0.29, 0.717) is 12.2 Å². The summed E-state index contributed by atoms with van der Waals surface area (Å²) in [6, 6.07) is 16.6. The van der Waals surface area contributed by atoms with E-state index in [0.717, 1.165) is 29.8 Å². The summed E-state index contributed by atoms with van der Waals surface area (Å²) in [4.78, 5) is 19.4. The van der Waals surface area contributed by atoms with Gasteiger partial charge >= 0.3 is 0 Å². The van der Waals surface area contributed by atoms with Crippen molar-refractivity contribution >= 4 is 17.2 Å². The molecule has 0 spiro atoms. The molecule has 3 nitrogen and oxygen atoms in total. The zero-order valence-corrected chi connectivity index (χ0v) is 15.1. The van der Waals surface area contributed by atoms with Gasteiger partial charge < -0.3 is 4.90 Å². The molecule has 2 aromatic carbocycles. The molecular formula is C21H19FN2OS. The zero-order chi connectivity index (χ0) is 17.9. The number of aromatic nitrogens is 1. The van der Waals surface area contributed by atoms with Crippen LogP contribution < -0.4 is 0 Å². The van der Waals surface area contributed by atoms with Crippen LogP contribution in [0.1, 0.15) is 45.5 Å². The maximum absolute atomic E-state index is 13.2. The average molecular weight is 366 g/mol. The Morgan fingerprint density at radius 3 is 2.69 bits per heavy atom. The molecule has 1 unspecified atom stereocenters. The van der Waals surface area contributed by atoms with Gasteiger partial charge in [0.05, 0.1) is 11.0 Å². The smallest absolute Gasteiger partial charge is 0.273 e. The third-order valence-corrected chi connectivity index (χ3v) is 5.59. The lowest BCUT2D eigenvalue weighted by Gasteiger charge is -2.24. The van der Waals surface area contributed by atoms with Crippen LogP contribution >= 0.6 is 11.3 Å². The van der Waals surface area contributed by atoms with Gasteiger partial charge in [0.15, 0.2) is 0 Å². The Hall–Kier alpha value is -2.53. The fourth-order valence-electron chi connectivity index (χ4n) is 3.45. The number of likely N-dealkylation sites (tertiary alicyclic amines) is 1. The molecule has 0 bridgehead atoms. The van der Waals surface area contributed by atoms with Crippen LogP contribution in [-0.4, -0.2) is 22.3 Å². The predicted molar refractivity (Wildman–Crippen MR) is 101 cm³/mol. The number of hydrogen-bond acceptors (Lipinski definition) is 3. The first-order chi connectivity index (χ1) is 12.7. The highest BCUT2D eigenvalue weighted by Gasteiger charge is 2.31. The van der Waals surface area contributed by atoms with Crippen LogP contribution in [0.25, 0.3) is 0 Å². The molecule has 1 amide bonds. The Morgan fingerprint density at radius 1 is 1.15 bits per heavy atom. The van der Waals surface area contributed by atoms with Gasteiger partial charge in [0.2, 0.25) is 0 Å². The van der Waals surface area contributed by atoms with E-state index in [9.17, 15) is 9.18 Å². The molecule has 5 heteroatoms. The summed E-state index contributed by atoms with van der Waals surface area (Å²) in [6.45, 7) is 0.715. The number of hydrogen-bond donors (Lipinski definition) is 0. The summed E-state index contributed by atoms with van der Waals surface area (Å²) in [5, 5.41) is 2.79. The van der Waals surface area contributed by atoms with Crippen molar-refractivity contribution in [3.8, 4) is 0 Å². The number of rotatable bonds is 4. The molecule has 1 atom stereocenters. The van der Waals surface area contributed by atoms with Crippen LogP contribution in [0.5, 0.6) is 0 Å². The second kappa shape index (κ2) is 7.38. The second-order valence-electron chi connectivity index (χ2n) is 6.50. The van der Waals surface area contributed by atoms with Crippen molar-refractivity contribution in [1.82, 2.24) is 9.88 Å². The van der Waals surface area contributed by atoms with Gasteiger partial charge in [-0.15, -0.1) is 11.3 Å². The Balaban J connectivity index is 1.51. The Morgan fingerprint density at radius 2 is 1.92 bits per heavy atom. The maximum Gasteiger partial charge on any atom is 0.273 e. The molecule has 132 valence electrons. The quantitative estimate of drug-likeness (QED) is 0.661. The number of thiazole rings is 1. The summed E-state index contributed by atoms with van der Waals surface area (Å²) in [7, 11) is 0. The molecule has 1 fully saturated rings. The molecule has 1 saturated heterocycles. The third-order valence-electron chi connectivity index (χ3n) is 4.74. The summed E-state index contributed by atoms with van der Waals surface area (Å²) in [5.41, 5.74) is 2.68. The highest BCUT2D eigenvalue weighted by atomic mass is 32.1. The first-order valence-corrected chi connectivity index (χ1v) is 9.63. The van der Waals surface area contributed by atoms with Crippen LogP contribution in [0.2, 0.25) is 0 Å². The zero-order valence-electron chi connectivity index (χ0n) is 14.3. The summed E-state index contributed by atoms with van der Waals surface area (Å²) in [6.07, 6.45) is 2.59. The Kier molecular flexibility index (Phi) is 4.80. The van der Waals surface area contributed by atoms with Crippen molar-refractivity contribution in [3.63, 3.8) is 0 Å². The molecule has 0 N–H and O–H groups in total. The lowest BCUT2D eigenvalue weighted by molar-refractivity contribution is 0.0730. The largest absolute Gasteiger partial charge is 0.330 e. The minimum absolute atomic E-state index is 0.00220. The molecule has 2 heterocycles. The number of halogens is 1. The molecule has 0 radical (unpaired) electrons. The van der Waals surface area contributed by atoms with Gasteiger partial charge in [-0.1, -0.05) is 42.5 Å². The van der Waals surface area contributed by atoms with E-state index in [1.165, 1.54) is 29.0 Å². The minimum atomic E-state index is -0.255. The van der Waals surface area contributed by atoms with Gasteiger partial charge in [-0.25, -0.2) is 9.37 Å². The van der Waals surface area contributed by atoms with Crippen molar-refractivity contribution in [2.45, 2.75) is 25.3 Å². The van der Waals surface area contributed by atoms with E-state index in [2.05, 4.69) is 17.1 Å². The third kappa shape index (κ3) is 3.53. The first kappa shape index (κ1) is 16.9. The summed E-state index contributed by atoms with van der Waals surface area (Å²) in [5.74, 6) is -0.290. The molecule has 4 rings (SSSR count). The first-order valence-electron chi connectivity index (χ1n) is 8.75. The van der Waals surface area contributed by atoms with Crippen LogP contribution in [-0.2, 0) is 6.42 Å². The van der Waals surface area contributed by atoms with E-state index >= 15 is 0 Å². The number of carbonyl (C=O) groups is 1. The van der Waals surface area contributed by atoms with Crippen molar-refractivity contribution in [1.29, 1.82) is 0 Å². The lowest BCUT2D eigenvalue weighted by atomic mass is 10.0. The highest BCUT2D eigenvalue weighted by Crippen LogP contribution is 2.33. The van der Waals surface area contributed by atoms with Crippen LogP contribution in [0.4, 0.5) is 4.39 Å². The van der Waals surface area contributed by atoms with Crippen LogP contribution in [0.15, 0.2) is 60.0 Å². The van der Waals surface area contributed by atoms with Crippen LogP contribution in [0, 0.1) is 5.82 Å². The number of carbonyl (C=O) groups excluding carboxylic acids is 1. The fourth-order valence-corrected chi connectivity index (χ4v) is 4.25. The van der Waals surface area contributed by atoms with Crippen molar-refractivity contribution in [2.75, 3.05) is 6.54 Å². The number of benzene rings is 2. The summed E-state index contributed by atoms with van der Waals surface area (Å²) < 4.78 is 13.2. The van der Waals surface area contributed by atoms with Gasteiger partial charge in [0.1, 0.15) is 11.5 Å². The van der Waals surface area contributed by atoms with E-state index in [-0.39, 0.29) is 17.8 Å². The van der Waals surface area contributed by atoms with Crippen LogP contribution in [0.3, 0.4) is 0 Å². The maximum atomic E-state index is 13.2. The molecule has 3 aromatic rings. The minimum Gasteiger partial charge on any atom is -0.330 e. The standard InChI is InChI=1S/C21H19FN2OS/c22-17-10-8-16(9-11-17)19-7-4-12-24(19)21(25)18-14-26-20(23-18)13-15-5-2-1-3-6-15/h1-3,5-6,8-11,14,19H,4,7,12-13H2. The van der Waals surface area contributed by atoms with E-state index < -0.39 is 0 Å². The molecule has 1 aliphatic rings. The van der Waals surface area contributed by atoms with Gasteiger partial charge in [0, 0.05) is 18.3 Å². The normalized spacial score (nSPS) is 16.8. The van der Waals surface area contributed by atoms with Crippen molar-refractivity contribution < 1.29 is 9.18 Å². The van der Waals surface area contributed by atoms with E-state index in [4.69, 9.17) is 0 Å². The topological polar surface area (TPSA) is 33.2 Å². The molecule has 1 aliphatic heterocycles. The van der Waals surface area contributed by atoms with Crippen molar-refractivity contribution in [2.24, 2.45) is 0 Å². The van der Waals surface area contributed by atoms with Gasteiger partial charge in [0.25, 0.3) is 5.91 Å². The predicted octanol–water partition coefficient (Wildman–Crippen LogP) is 4.85. The van der Waals surface area contributed by atoms with Gasteiger partial charge in [-0.3, -0.25) is 4.79 Å². The molecule has 0 saturated carbocycles. The molecule has 26 heavy (non-hydrogen) atoms.